The molecule has 1 atom stereocenters. The lowest BCUT2D eigenvalue weighted by Crippen LogP contribution is -2.23. The van der Waals surface area contributed by atoms with Crippen molar-refractivity contribution >= 4 is 5.97 Å². The number of rotatable bonds is 7. The third-order valence-electron chi connectivity index (χ3n) is 5.01. The number of carboxylic acid groups (broad SMARTS) is 1. The van der Waals surface area contributed by atoms with Gasteiger partial charge in [0.2, 0.25) is 5.89 Å². The number of ether oxygens (including phenoxy) is 2. The molecule has 0 fully saturated rings. The van der Waals surface area contributed by atoms with Crippen molar-refractivity contribution < 1.29 is 23.8 Å². The third-order valence-corrected chi connectivity index (χ3v) is 5.01. The summed E-state index contributed by atoms with van der Waals surface area (Å²) >= 11 is 0. The van der Waals surface area contributed by atoms with Crippen molar-refractivity contribution in [3.63, 3.8) is 0 Å². The summed E-state index contributed by atoms with van der Waals surface area (Å²) in [4.78, 5) is 15.5. The quantitative estimate of drug-likeness (QED) is 0.645. The molecule has 150 valence electrons. The Balaban J connectivity index is 1.35. The highest BCUT2D eigenvalue weighted by molar-refractivity contribution is 5.67. The van der Waals surface area contributed by atoms with Gasteiger partial charge in [0.15, 0.2) is 0 Å². The molecule has 0 saturated carbocycles. The number of nitrogens with zero attached hydrogens (tertiary/aromatic N) is 1. The number of carbonyl (C=O) groups is 1. The Morgan fingerprint density at radius 1 is 1.24 bits per heavy atom. The number of oxazole rings is 1. The van der Waals surface area contributed by atoms with Crippen LogP contribution in [0.2, 0.25) is 0 Å². The maximum atomic E-state index is 10.9. The molecule has 1 unspecified atom stereocenters. The van der Waals surface area contributed by atoms with Crippen LogP contribution in [-0.4, -0.2) is 29.3 Å². The summed E-state index contributed by atoms with van der Waals surface area (Å²) in [7, 11) is 0. The normalized spacial score (nSPS) is 15.4. The lowest BCUT2D eigenvalue weighted by Gasteiger charge is -2.24. The lowest BCUT2D eigenvalue weighted by molar-refractivity contribution is -0.138. The highest BCUT2D eigenvalue weighted by Crippen LogP contribution is 2.32. The molecule has 0 spiro atoms. The van der Waals surface area contributed by atoms with Gasteiger partial charge in [0, 0.05) is 24.0 Å². The molecule has 1 aliphatic heterocycles. The van der Waals surface area contributed by atoms with E-state index in [0.717, 1.165) is 34.1 Å². The zero-order valence-electron chi connectivity index (χ0n) is 16.3. The van der Waals surface area contributed by atoms with Crippen LogP contribution in [-0.2, 0) is 17.6 Å². The molecule has 0 bridgehead atoms. The minimum absolute atomic E-state index is 0.0146. The van der Waals surface area contributed by atoms with Crippen molar-refractivity contribution in [2.45, 2.75) is 26.2 Å². The van der Waals surface area contributed by atoms with E-state index in [1.54, 1.807) is 0 Å². The molecule has 1 aliphatic rings. The first-order chi connectivity index (χ1) is 14.1. The van der Waals surface area contributed by atoms with Crippen molar-refractivity contribution in [1.29, 1.82) is 0 Å². The zero-order chi connectivity index (χ0) is 20.2. The molecule has 4 rings (SSSR count). The second kappa shape index (κ2) is 8.39. The van der Waals surface area contributed by atoms with E-state index >= 15 is 0 Å². The molecule has 2 aromatic carbocycles. The number of carboxylic acids is 1. The SMILES string of the molecule is Cc1oc(-c2ccccc2)nc1CCOc1ccc2c(c1)OCC(CC(=O)O)C2. The number of hydrogen-bond donors (Lipinski definition) is 1. The van der Waals surface area contributed by atoms with Crippen LogP contribution in [0.15, 0.2) is 52.9 Å². The standard InChI is InChI=1S/C23H23NO5/c1-15-20(24-23(29-15)17-5-3-2-4-6-17)9-10-27-19-8-7-18-11-16(12-22(25)26)14-28-21(18)13-19/h2-8,13,16H,9-12,14H2,1H3,(H,25,26). The highest BCUT2D eigenvalue weighted by Gasteiger charge is 2.22. The molecular formula is C23H23NO5. The van der Waals surface area contributed by atoms with Gasteiger partial charge in [-0.1, -0.05) is 24.3 Å². The van der Waals surface area contributed by atoms with Crippen LogP contribution in [0.25, 0.3) is 11.5 Å². The van der Waals surface area contributed by atoms with Gasteiger partial charge in [-0.15, -0.1) is 0 Å². The van der Waals surface area contributed by atoms with E-state index in [0.29, 0.717) is 31.9 Å². The molecule has 0 amide bonds. The monoisotopic (exact) mass is 393 g/mol. The molecule has 2 heterocycles. The first-order valence-electron chi connectivity index (χ1n) is 9.70. The largest absolute Gasteiger partial charge is 0.493 e. The van der Waals surface area contributed by atoms with Gasteiger partial charge in [0.1, 0.15) is 17.3 Å². The van der Waals surface area contributed by atoms with Gasteiger partial charge in [0.05, 0.1) is 25.3 Å². The number of aromatic nitrogens is 1. The summed E-state index contributed by atoms with van der Waals surface area (Å²) in [5.41, 5.74) is 2.86. The number of hydrogen-bond acceptors (Lipinski definition) is 5. The fraction of sp³-hybridized carbons (Fsp3) is 0.304. The second-order valence-corrected chi connectivity index (χ2v) is 7.23. The summed E-state index contributed by atoms with van der Waals surface area (Å²) < 4.78 is 17.4. The molecule has 6 nitrogen and oxygen atoms in total. The highest BCUT2D eigenvalue weighted by atomic mass is 16.5. The van der Waals surface area contributed by atoms with Crippen molar-refractivity contribution in [1.82, 2.24) is 4.98 Å². The zero-order valence-corrected chi connectivity index (χ0v) is 16.3. The first-order valence-corrected chi connectivity index (χ1v) is 9.70. The fourth-order valence-electron chi connectivity index (χ4n) is 3.51. The minimum atomic E-state index is -0.791. The molecule has 3 aromatic rings. The van der Waals surface area contributed by atoms with Crippen LogP contribution in [0.5, 0.6) is 11.5 Å². The third kappa shape index (κ3) is 4.59. The molecule has 0 radical (unpaired) electrons. The van der Waals surface area contributed by atoms with Crippen molar-refractivity contribution in [2.75, 3.05) is 13.2 Å². The Morgan fingerprint density at radius 3 is 2.86 bits per heavy atom. The summed E-state index contributed by atoms with van der Waals surface area (Å²) in [6.45, 7) is 2.81. The van der Waals surface area contributed by atoms with E-state index in [4.69, 9.17) is 19.0 Å². The van der Waals surface area contributed by atoms with Crippen LogP contribution in [0.1, 0.15) is 23.4 Å². The fourth-order valence-corrected chi connectivity index (χ4v) is 3.51. The van der Waals surface area contributed by atoms with Gasteiger partial charge in [-0.05, 0) is 37.1 Å². The molecule has 1 aromatic heterocycles. The van der Waals surface area contributed by atoms with Crippen molar-refractivity contribution in [3.8, 4) is 23.0 Å². The van der Waals surface area contributed by atoms with Gasteiger partial charge in [-0.3, -0.25) is 4.79 Å². The van der Waals surface area contributed by atoms with Gasteiger partial charge < -0.3 is 19.0 Å². The number of fused-ring (bicyclic) bond motifs is 1. The Bertz CT molecular complexity index is 996. The Morgan fingerprint density at radius 2 is 2.07 bits per heavy atom. The molecule has 6 heteroatoms. The Labute approximate surface area is 169 Å². The molecule has 0 saturated heterocycles. The van der Waals surface area contributed by atoms with Crippen LogP contribution < -0.4 is 9.47 Å². The van der Waals surface area contributed by atoms with E-state index in [-0.39, 0.29) is 12.3 Å². The average molecular weight is 393 g/mol. The summed E-state index contributed by atoms with van der Waals surface area (Å²) in [5.74, 6) is 2.14. The van der Waals surface area contributed by atoms with Crippen LogP contribution in [0.3, 0.4) is 0 Å². The first kappa shape index (κ1) is 19.1. The van der Waals surface area contributed by atoms with Gasteiger partial charge >= 0.3 is 5.97 Å². The maximum absolute atomic E-state index is 10.9. The summed E-state index contributed by atoms with van der Waals surface area (Å²) in [5, 5.41) is 8.95. The van der Waals surface area contributed by atoms with Crippen molar-refractivity contribution in [2.24, 2.45) is 5.92 Å². The van der Waals surface area contributed by atoms with Gasteiger partial charge in [0.25, 0.3) is 0 Å². The maximum Gasteiger partial charge on any atom is 0.303 e. The average Bonchev–Trinajstić information content (AvgIpc) is 3.09. The van der Waals surface area contributed by atoms with E-state index in [1.807, 2.05) is 55.5 Å². The van der Waals surface area contributed by atoms with Crippen LogP contribution >= 0.6 is 0 Å². The minimum Gasteiger partial charge on any atom is -0.493 e. The van der Waals surface area contributed by atoms with E-state index in [1.165, 1.54) is 0 Å². The second-order valence-electron chi connectivity index (χ2n) is 7.23. The molecule has 1 N–H and O–H groups in total. The topological polar surface area (TPSA) is 81.8 Å². The van der Waals surface area contributed by atoms with Gasteiger partial charge in [-0.25, -0.2) is 4.98 Å². The molecular weight excluding hydrogens is 370 g/mol. The Hall–Kier alpha value is -3.28. The summed E-state index contributed by atoms with van der Waals surface area (Å²) in [6.07, 6.45) is 1.48. The van der Waals surface area contributed by atoms with Crippen molar-refractivity contribution in [3.05, 3.63) is 65.5 Å². The van der Waals surface area contributed by atoms with Crippen LogP contribution in [0, 0.1) is 12.8 Å². The predicted octanol–water partition coefficient (Wildman–Crippen LogP) is 4.30. The van der Waals surface area contributed by atoms with Crippen LogP contribution in [0.4, 0.5) is 0 Å². The van der Waals surface area contributed by atoms with E-state index < -0.39 is 5.97 Å². The predicted molar refractivity (Wildman–Crippen MR) is 107 cm³/mol. The number of aliphatic carboxylic acids is 1. The lowest BCUT2D eigenvalue weighted by atomic mass is 9.94. The number of aryl methyl sites for hydroxylation is 1. The molecule has 0 aliphatic carbocycles. The Kier molecular flexibility index (Phi) is 5.51. The smallest absolute Gasteiger partial charge is 0.303 e. The van der Waals surface area contributed by atoms with Gasteiger partial charge in [-0.2, -0.15) is 0 Å². The molecule has 29 heavy (non-hydrogen) atoms. The summed E-state index contributed by atoms with van der Waals surface area (Å²) in [6, 6.07) is 15.5. The number of benzene rings is 2. The van der Waals surface area contributed by atoms with E-state index in [2.05, 4.69) is 4.98 Å². The van der Waals surface area contributed by atoms with E-state index in [9.17, 15) is 4.79 Å².